The lowest BCUT2D eigenvalue weighted by Gasteiger charge is -2.19. The van der Waals surface area contributed by atoms with Gasteiger partial charge in [0.25, 0.3) is 5.91 Å². The van der Waals surface area contributed by atoms with Gasteiger partial charge >= 0.3 is 0 Å². The molecule has 1 atom stereocenters. The number of rotatable bonds is 5. The van der Waals surface area contributed by atoms with Gasteiger partial charge in [-0.15, -0.1) is 0 Å². The summed E-state index contributed by atoms with van der Waals surface area (Å²) in [6.45, 7) is 1.41. The molecule has 5 rings (SSSR count). The highest BCUT2D eigenvalue weighted by Crippen LogP contribution is 2.41. The SMILES string of the molecule is COc1cc2c(cc1/C=C1\SC(=Nc3ccccc3)N(C[C@H]3CCCO3)C1=O)OCO2. The molecule has 7 nitrogen and oxygen atoms in total. The average Bonchev–Trinajstić information content (AvgIpc) is 3.52. The number of ether oxygens (including phenoxy) is 4. The molecule has 0 bridgehead atoms. The van der Waals surface area contributed by atoms with E-state index in [-0.39, 0.29) is 18.8 Å². The van der Waals surface area contributed by atoms with Gasteiger partial charge in [0.1, 0.15) is 5.75 Å². The molecule has 3 aliphatic rings. The highest BCUT2D eigenvalue weighted by Gasteiger charge is 2.36. The summed E-state index contributed by atoms with van der Waals surface area (Å²) < 4.78 is 22.2. The first-order valence-corrected chi connectivity index (χ1v) is 11.0. The molecule has 0 spiro atoms. The molecular formula is C23H22N2O5S. The molecule has 2 aromatic carbocycles. The van der Waals surface area contributed by atoms with Crippen molar-refractivity contribution >= 4 is 34.6 Å². The Morgan fingerprint density at radius 3 is 2.77 bits per heavy atom. The number of amidine groups is 1. The van der Waals surface area contributed by atoms with Crippen LogP contribution in [0.3, 0.4) is 0 Å². The summed E-state index contributed by atoms with van der Waals surface area (Å²) in [5.41, 5.74) is 1.55. The lowest BCUT2D eigenvalue weighted by molar-refractivity contribution is -0.123. The third-order valence-electron chi connectivity index (χ3n) is 5.29. The van der Waals surface area contributed by atoms with Crippen molar-refractivity contribution in [2.75, 3.05) is 27.1 Å². The molecule has 31 heavy (non-hydrogen) atoms. The zero-order valence-corrected chi connectivity index (χ0v) is 17.9. The van der Waals surface area contributed by atoms with Gasteiger partial charge in [-0.25, -0.2) is 4.99 Å². The maximum Gasteiger partial charge on any atom is 0.266 e. The molecule has 2 fully saturated rings. The van der Waals surface area contributed by atoms with Crippen LogP contribution in [-0.2, 0) is 9.53 Å². The van der Waals surface area contributed by atoms with Gasteiger partial charge in [-0.3, -0.25) is 9.69 Å². The van der Waals surface area contributed by atoms with Crippen LogP contribution in [-0.4, -0.2) is 49.1 Å². The first kappa shape index (κ1) is 20.0. The second-order valence-electron chi connectivity index (χ2n) is 7.34. The van der Waals surface area contributed by atoms with Crippen LogP contribution in [0.5, 0.6) is 17.2 Å². The molecular weight excluding hydrogens is 416 g/mol. The van der Waals surface area contributed by atoms with Gasteiger partial charge in [0.2, 0.25) is 6.79 Å². The van der Waals surface area contributed by atoms with Crippen LogP contribution < -0.4 is 14.2 Å². The van der Waals surface area contributed by atoms with E-state index in [1.54, 1.807) is 18.1 Å². The Balaban J connectivity index is 1.49. The Morgan fingerprint density at radius 2 is 2.03 bits per heavy atom. The lowest BCUT2D eigenvalue weighted by Crippen LogP contribution is -2.36. The van der Waals surface area contributed by atoms with Crippen LogP contribution in [0.4, 0.5) is 5.69 Å². The number of methoxy groups -OCH3 is 1. The first-order valence-electron chi connectivity index (χ1n) is 10.2. The van der Waals surface area contributed by atoms with Gasteiger partial charge in [0.05, 0.1) is 30.4 Å². The molecule has 2 aromatic rings. The third kappa shape index (κ3) is 4.13. The normalized spacial score (nSPS) is 22.7. The number of hydrogen-bond acceptors (Lipinski definition) is 7. The molecule has 0 radical (unpaired) electrons. The quantitative estimate of drug-likeness (QED) is 0.652. The lowest BCUT2D eigenvalue weighted by atomic mass is 10.1. The second kappa shape index (κ2) is 8.64. The van der Waals surface area contributed by atoms with E-state index in [1.807, 2.05) is 42.5 Å². The molecule has 2 saturated heterocycles. The molecule has 0 aliphatic carbocycles. The van der Waals surface area contributed by atoms with E-state index in [0.29, 0.717) is 33.9 Å². The molecule has 160 valence electrons. The van der Waals surface area contributed by atoms with Crippen LogP contribution in [0, 0.1) is 0 Å². The highest BCUT2D eigenvalue weighted by molar-refractivity contribution is 8.18. The van der Waals surface area contributed by atoms with E-state index >= 15 is 0 Å². The summed E-state index contributed by atoms with van der Waals surface area (Å²) in [7, 11) is 1.59. The number of thioether (sulfide) groups is 1. The third-order valence-corrected chi connectivity index (χ3v) is 6.30. The second-order valence-corrected chi connectivity index (χ2v) is 8.35. The number of fused-ring (bicyclic) bond motifs is 1. The Bertz CT molecular complexity index is 1050. The summed E-state index contributed by atoms with van der Waals surface area (Å²) in [6.07, 6.45) is 3.82. The minimum absolute atomic E-state index is 0.0324. The largest absolute Gasteiger partial charge is 0.496 e. The Hall–Kier alpha value is -2.97. The number of aliphatic imine (C=N–C) groups is 1. The highest BCUT2D eigenvalue weighted by atomic mass is 32.2. The number of nitrogens with zero attached hydrogens (tertiary/aromatic N) is 2. The van der Waals surface area contributed by atoms with Crippen LogP contribution in [0.1, 0.15) is 18.4 Å². The fourth-order valence-electron chi connectivity index (χ4n) is 3.73. The van der Waals surface area contributed by atoms with E-state index in [1.165, 1.54) is 11.8 Å². The standard InChI is InChI=1S/C23H22N2O5S/c1-27-18-12-20-19(29-14-30-20)10-15(18)11-21-22(26)25(13-17-8-5-9-28-17)23(31-21)24-16-6-3-2-4-7-16/h2-4,6-7,10-12,17H,5,8-9,13-14H2,1H3/b21-11-,24-23?/t17-/m1/s1. The van der Waals surface area contributed by atoms with Crippen LogP contribution in [0.15, 0.2) is 52.4 Å². The van der Waals surface area contributed by atoms with E-state index < -0.39 is 0 Å². The van der Waals surface area contributed by atoms with E-state index in [9.17, 15) is 4.79 Å². The summed E-state index contributed by atoms with van der Waals surface area (Å²) in [5, 5.41) is 0.651. The summed E-state index contributed by atoms with van der Waals surface area (Å²) in [6, 6.07) is 13.3. The predicted molar refractivity (Wildman–Crippen MR) is 119 cm³/mol. The minimum atomic E-state index is -0.0881. The minimum Gasteiger partial charge on any atom is -0.496 e. The zero-order chi connectivity index (χ0) is 21.2. The Morgan fingerprint density at radius 1 is 1.23 bits per heavy atom. The summed E-state index contributed by atoms with van der Waals surface area (Å²) >= 11 is 1.36. The number of benzene rings is 2. The average molecular weight is 439 g/mol. The topological polar surface area (TPSA) is 69.6 Å². The molecule has 0 N–H and O–H groups in total. The van der Waals surface area contributed by atoms with Crippen LogP contribution >= 0.6 is 11.8 Å². The van der Waals surface area contributed by atoms with Gasteiger partial charge in [-0.05, 0) is 48.9 Å². The molecule has 0 aromatic heterocycles. The number of carbonyl (C=O) groups excluding carboxylic acids is 1. The van der Waals surface area contributed by atoms with Crippen LogP contribution in [0.2, 0.25) is 0 Å². The van der Waals surface area contributed by atoms with Crippen molar-refractivity contribution in [3.8, 4) is 17.2 Å². The van der Waals surface area contributed by atoms with Gasteiger partial charge in [-0.1, -0.05) is 18.2 Å². The number of para-hydroxylation sites is 1. The van der Waals surface area contributed by atoms with E-state index in [4.69, 9.17) is 23.9 Å². The van der Waals surface area contributed by atoms with Crippen molar-refractivity contribution in [3.05, 3.63) is 52.9 Å². The van der Waals surface area contributed by atoms with Gasteiger partial charge < -0.3 is 18.9 Å². The molecule has 0 saturated carbocycles. The van der Waals surface area contributed by atoms with Crippen molar-refractivity contribution in [2.24, 2.45) is 4.99 Å². The van der Waals surface area contributed by atoms with Gasteiger partial charge in [0.15, 0.2) is 16.7 Å². The van der Waals surface area contributed by atoms with Crippen molar-refractivity contribution < 1.29 is 23.7 Å². The summed E-state index contributed by atoms with van der Waals surface area (Å²) in [5.74, 6) is 1.80. The van der Waals surface area contributed by atoms with Crippen molar-refractivity contribution in [1.82, 2.24) is 4.90 Å². The monoisotopic (exact) mass is 438 g/mol. The fourth-order valence-corrected chi connectivity index (χ4v) is 4.73. The molecule has 0 unspecified atom stereocenters. The van der Waals surface area contributed by atoms with Gasteiger partial charge in [0, 0.05) is 18.2 Å². The van der Waals surface area contributed by atoms with Crippen molar-refractivity contribution in [3.63, 3.8) is 0 Å². The smallest absolute Gasteiger partial charge is 0.266 e. The maximum atomic E-state index is 13.3. The zero-order valence-electron chi connectivity index (χ0n) is 17.1. The Labute approximate surface area is 184 Å². The van der Waals surface area contributed by atoms with E-state index in [0.717, 1.165) is 30.7 Å². The molecule has 3 aliphatic heterocycles. The number of amides is 1. The van der Waals surface area contributed by atoms with Crippen molar-refractivity contribution in [2.45, 2.75) is 18.9 Å². The number of carbonyl (C=O) groups is 1. The van der Waals surface area contributed by atoms with Crippen molar-refractivity contribution in [1.29, 1.82) is 0 Å². The molecule has 3 heterocycles. The molecule has 8 heteroatoms. The van der Waals surface area contributed by atoms with E-state index in [2.05, 4.69) is 0 Å². The van der Waals surface area contributed by atoms with Crippen LogP contribution in [0.25, 0.3) is 6.08 Å². The predicted octanol–water partition coefficient (Wildman–Crippen LogP) is 4.21. The maximum absolute atomic E-state index is 13.3. The first-order chi connectivity index (χ1) is 15.2. The molecule has 1 amide bonds. The Kier molecular flexibility index (Phi) is 5.57. The summed E-state index contributed by atoms with van der Waals surface area (Å²) in [4.78, 5) is 20.4. The van der Waals surface area contributed by atoms with Gasteiger partial charge in [-0.2, -0.15) is 0 Å². The fraction of sp³-hybridized carbons (Fsp3) is 0.304. The number of hydrogen-bond donors (Lipinski definition) is 0.